The third kappa shape index (κ3) is 1.75. The van der Waals surface area contributed by atoms with Gasteiger partial charge in [-0.05, 0) is 9.91 Å². The molecule has 0 amide bonds. The zero-order valence-corrected chi connectivity index (χ0v) is 5.68. The number of hydrogen-bond donors (Lipinski definition) is 1. The number of H-pyrrole nitrogens is 1. The molecule has 0 saturated heterocycles. The fourth-order valence-electron chi connectivity index (χ4n) is 0.577. The van der Waals surface area contributed by atoms with Gasteiger partial charge >= 0.3 is 5.95 Å². The van der Waals surface area contributed by atoms with Crippen molar-refractivity contribution in [1.82, 2.24) is 15.2 Å². The van der Waals surface area contributed by atoms with E-state index in [9.17, 15) is 20.0 Å². The van der Waals surface area contributed by atoms with Crippen LogP contribution in [-0.4, -0.2) is 26.1 Å². The van der Waals surface area contributed by atoms with E-state index >= 15 is 0 Å². The van der Waals surface area contributed by atoms with Crippen LogP contribution in [0.4, 0.5) is 5.95 Å². The highest BCUT2D eigenvalue weighted by molar-refractivity contribution is 5.66. The van der Waals surface area contributed by atoms with Crippen LogP contribution >= 0.6 is 0 Å². The summed E-state index contributed by atoms with van der Waals surface area (Å²) < 4.78 is 0. The van der Waals surface area contributed by atoms with Gasteiger partial charge in [-0.25, -0.2) is 0 Å². The summed E-state index contributed by atoms with van der Waals surface area (Å²) in [5, 5.41) is 25.2. The third-order valence-electron chi connectivity index (χ3n) is 0.995. The molecule has 64 valence electrons. The molecule has 0 unspecified atom stereocenters. The van der Waals surface area contributed by atoms with Gasteiger partial charge in [0.1, 0.15) is 0 Å². The molecule has 0 aliphatic heterocycles. The summed E-state index contributed by atoms with van der Waals surface area (Å²) in [5.74, 6) is -2.13. The summed E-state index contributed by atoms with van der Waals surface area (Å²) in [5.41, 5.74) is 0. The summed E-state index contributed by atoms with van der Waals surface area (Å²) in [7, 11) is 0. The number of carbonyl (C=O) groups is 1. The highest BCUT2D eigenvalue weighted by Gasteiger charge is 2.13. The van der Waals surface area contributed by atoms with Crippen LogP contribution < -0.4 is 5.11 Å². The van der Waals surface area contributed by atoms with Crippen LogP contribution in [0, 0.1) is 10.1 Å². The molecule has 1 N–H and O–H groups in total. The first-order valence-corrected chi connectivity index (χ1v) is 2.85. The maximum atomic E-state index is 10.0. The fraction of sp³-hybridized carbons (Fsp3) is 0.250. The second-order valence-electron chi connectivity index (χ2n) is 1.88. The Bertz CT molecular complexity index is 319. The molecule has 0 atom stereocenters. The van der Waals surface area contributed by atoms with Crippen LogP contribution in [0.3, 0.4) is 0 Å². The van der Waals surface area contributed by atoms with Gasteiger partial charge in [0, 0.05) is 0 Å². The lowest BCUT2D eigenvalue weighted by atomic mass is 10.4. The molecule has 8 nitrogen and oxygen atoms in total. The van der Waals surface area contributed by atoms with Gasteiger partial charge in [-0.1, -0.05) is 5.10 Å². The summed E-state index contributed by atoms with van der Waals surface area (Å²) in [4.78, 5) is 22.4. The monoisotopic (exact) mass is 171 g/mol. The highest BCUT2D eigenvalue weighted by atomic mass is 16.6. The molecule has 0 fully saturated rings. The van der Waals surface area contributed by atoms with E-state index in [1.54, 1.807) is 0 Å². The lowest BCUT2D eigenvalue weighted by molar-refractivity contribution is -0.394. The van der Waals surface area contributed by atoms with Crippen LogP contribution in [0.2, 0.25) is 0 Å². The van der Waals surface area contributed by atoms with Crippen LogP contribution in [0.15, 0.2) is 0 Å². The first kappa shape index (κ1) is 8.11. The molecule has 12 heavy (non-hydrogen) atoms. The molecule has 0 aromatic carbocycles. The van der Waals surface area contributed by atoms with Gasteiger partial charge in [-0.2, -0.15) is 0 Å². The van der Waals surface area contributed by atoms with Crippen molar-refractivity contribution in [3.8, 4) is 0 Å². The summed E-state index contributed by atoms with van der Waals surface area (Å²) >= 11 is 0. The zero-order chi connectivity index (χ0) is 9.14. The number of nitro groups is 1. The third-order valence-corrected chi connectivity index (χ3v) is 0.995. The Labute approximate surface area is 65.4 Å². The number of carbonyl (C=O) groups excluding carboxylic acids is 1. The Balaban J connectivity index is 2.77. The minimum atomic E-state index is -1.39. The molecular weight excluding hydrogens is 168 g/mol. The van der Waals surface area contributed by atoms with Crippen LogP contribution in [0.25, 0.3) is 0 Å². The van der Waals surface area contributed by atoms with Crippen LogP contribution in [-0.2, 0) is 11.2 Å². The Kier molecular flexibility index (Phi) is 1.99. The Morgan fingerprint density at radius 1 is 1.67 bits per heavy atom. The molecule has 1 rings (SSSR count). The van der Waals surface area contributed by atoms with Crippen molar-refractivity contribution in [3.05, 3.63) is 15.9 Å². The van der Waals surface area contributed by atoms with E-state index in [2.05, 4.69) is 10.1 Å². The van der Waals surface area contributed by atoms with E-state index in [0.717, 1.165) is 0 Å². The highest BCUT2D eigenvalue weighted by Crippen LogP contribution is 2.00. The van der Waals surface area contributed by atoms with Crippen LogP contribution in [0.5, 0.6) is 0 Å². The Hall–Kier alpha value is -1.99. The number of hydrogen-bond acceptors (Lipinski definition) is 6. The maximum absolute atomic E-state index is 10.0. The number of rotatable bonds is 3. The number of carboxylic acid groups (broad SMARTS) is 1. The maximum Gasteiger partial charge on any atom is 0.453 e. The first-order chi connectivity index (χ1) is 5.59. The molecule has 1 heterocycles. The number of nitrogens with one attached hydrogen (secondary N) is 1. The van der Waals surface area contributed by atoms with Gasteiger partial charge in [0.2, 0.25) is 5.82 Å². The fourth-order valence-corrected chi connectivity index (χ4v) is 0.577. The molecule has 1 aromatic rings. The van der Waals surface area contributed by atoms with Crippen molar-refractivity contribution < 1.29 is 14.8 Å². The van der Waals surface area contributed by atoms with Crippen molar-refractivity contribution in [2.24, 2.45) is 0 Å². The van der Waals surface area contributed by atoms with Crippen molar-refractivity contribution >= 4 is 11.9 Å². The predicted molar refractivity (Wildman–Crippen MR) is 31.7 cm³/mol. The SMILES string of the molecule is O=C([O-])Cc1n[nH]c([N+](=O)[O-])n1. The topological polar surface area (TPSA) is 125 Å². The minimum Gasteiger partial charge on any atom is -0.550 e. The molecule has 0 aliphatic rings. The van der Waals surface area contributed by atoms with Crippen molar-refractivity contribution in [3.63, 3.8) is 0 Å². The van der Waals surface area contributed by atoms with Crippen molar-refractivity contribution in [2.75, 3.05) is 0 Å². The second kappa shape index (κ2) is 2.95. The smallest absolute Gasteiger partial charge is 0.453 e. The van der Waals surface area contributed by atoms with Gasteiger partial charge in [0.15, 0.2) is 0 Å². The van der Waals surface area contributed by atoms with E-state index in [-0.39, 0.29) is 5.82 Å². The van der Waals surface area contributed by atoms with Gasteiger partial charge in [-0.3, -0.25) is 0 Å². The lowest BCUT2D eigenvalue weighted by Gasteiger charge is -1.90. The molecule has 0 bridgehead atoms. The van der Waals surface area contributed by atoms with Gasteiger partial charge in [0.05, 0.1) is 12.4 Å². The lowest BCUT2D eigenvalue weighted by Crippen LogP contribution is -2.24. The van der Waals surface area contributed by atoms with Gasteiger partial charge in [0.25, 0.3) is 0 Å². The molecule has 0 radical (unpaired) electrons. The molecular formula is C4H3N4O4-. The van der Waals surface area contributed by atoms with E-state index in [1.807, 2.05) is 5.10 Å². The van der Waals surface area contributed by atoms with E-state index in [4.69, 9.17) is 0 Å². The minimum absolute atomic E-state index is 0.165. The second-order valence-corrected chi connectivity index (χ2v) is 1.88. The Morgan fingerprint density at radius 3 is 2.75 bits per heavy atom. The number of aromatic amines is 1. The molecule has 0 aliphatic carbocycles. The molecule has 0 saturated carbocycles. The molecule has 0 spiro atoms. The number of carboxylic acids is 1. The van der Waals surface area contributed by atoms with E-state index in [0.29, 0.717) is 0 Å². The summed E-state index contributed by atoms with van der Waals surface area (Å²) in [6, 6.07) is 0. The normalized spacial score (nSPS) is 9.67. The summed E-state index contributed by atoms with van der Waals surface area (Å²) in [6.45, 7) is 0. The molecule has 1 aromatic heterocycles. The average Bonchev–Trinajstić information content (AvgIpc) is 2.34. The summed E-state index contributed by atoms with van der Waals surface area (Å²) in [6.07, 6.45) is -0.537. The average molecular weight is 171 g/mol. The van der Waals surface area contributed by atoms with Crippen molar-refractivity contribution in [1.29, 1.82) is 0 Å². The van der Waals surface area contributed by atoms with E-state index < -0.39 is 23.3 Å². The standard InChI is InChI=1S/C4H4N4O4/c9-3(10)1-2-5-4(7-6-2)8(11)12/h1H2,(H,9,10)(H,5,6,7)/p-1. The first-order valence-electron chi connectivity index (χ1n) is 2.85. The van der Waals surface area contributed by atoms with E-state index in [1.165, 1.54) is 0 Å². The number of aromatic nitrogens is 3. The Morgan fingerprint density at radius 2 is 2.33 bits per heavy atom. The predicted octanol–water partition coefficient (Wildman–Crippen LogP) is -1.99. The van der Waals surface area contributed by atoms with Gasteiger partial charge < -0.3 is 20.0 Å². The molecule has 8 heteroatoms. The quantitative estimate of drug-likeness (QED) is 0.414. The van der Waals surface area contributed by atoms with Gasteiger partial charge in [-0.15, -0.1) is 5.10 Å². The number of aliphatic carboxylic acids is 1. The van der Waals surface area contributed by atoms with Crippen molar-refractivity contribution in [2.45, 2.75) is 6.42 Å². The van der Waals surface area contributed by atoms with Crippen LogP contribution in [0.1, 0.15) is 5.82 Å². The largest absolute Gasteiger partial charge is 0.550 e. The number of nitrogens with zero attached hydrogens (tertiary/aromatic N) is 3. The zero-order valence-electron chi connectivity index (χ0n) is 5.68.